The number of aromatic nitrogens is 2. The van der Waals surface area contributed by atoms with Crippen molar-refractivity contribution in [3.63, 3.8) is 0 Å². The summed E-state index contributed by atoms with van der Waals surface area (Å²) in [6.07, 6.45) is 6.82. The Bertz CT molecular complexity index is 325. The van der Waals surface area contributed by atoms with Crippen LogP contribution < -0.4 is 4.74 Å². The van der Waals surface area contributed by atoms with Crippen LogP contribution in [0.15, 0.2) is 6.20 Å². The van der Waals surface area contributed by atoms with Gasteiger partial charge in [-0.15, -0.1) is 0 Å². The molecule has 1 aromatic rings. The molecule has 0 radical (unpaired) electrons. The predicted octanol–water partition coefficient (Wildman–Crippen LogP) is 3.02. The van der Waals surface area contributed by atoms with Crippen molar-refractivity contribution < 1.29 is 4.74 Å². The van der Waals surface area contributed by atoms with Gasteiger partial charge in [0.15, 0.2) is 5.75 Å². The van der Waals surface area contributed by atoms with E-state index in [4.69, 9.17) is 4.74 Å². The Labute approximate surface area is 105 Å². The molecule has 16 heavy (non-hydrogen) atoms. The standard InChI is InChI=1S/C12H19BrN2O/c1-3-15-11(12(16-2)8-14-15)7-6-10(13)9-4-5-9/h8-10H,3-7H2,1-2H3. The normalized spacial score (nSPS) is 17.4. The van der Waals surface area contributed by atoms with Crippen molar-refractivity contribution in [1.82, 2.24) is 9.78 Å². The maximum Gasteiger partial charge on any atom is 0.159 e. The van der Waals surface area contributed by atoms with Crippen molar-refractivity contribution in [2.45, 2.75) is 44.0 Å². The molecule has 1 heterocycles. The van der Waals surface area contributed by atoms with Crippen molar-refractivity contribution in [3.8, 4) is 5.75 Å². The van der Waals surface area contributed by atoms with Gasteiger partial charge in [0.25, 0.3) is 0 Å². The summed E-state index contributed by atoms with van der Waals surface area (Å²) in [5.74, 6) is 1.83. The van der Waals surface area contributed by atoms with E-state index in [0.717, 1.165) is 24.6 Å². The van der Waals surface area contributed by atoms with E-state index in [1.165, 1.54) is 25.0 Å². The molecule has 0 bridgehead atoms. The van der Waals surface area contributed by atoms with Gasteiger partial charge in [-0.05, 0) is 38.5 Å². The number of hydrogen-bond donors (Lipinski definition) is 0. The fourth-order valence-corrected chi connectivity index (χ4v) is 2.81. The van der Waals surface area contributed by atoms with Crippen LogP contribution >= 0.6 is 15.9 Å². The van der Waals surface area contributed by atoms with Crippen molar-refractivity contribution in [3.05, 3.63) is 11.9 Å². The molecule has 0 saturated heterocycles. The van der Waals surface area contributed by atoms with Gasteiger partial charge in [-0.1, -0.05) is 15.9 Å². The molecule has 3 nitrogen and oxygen atoms in total. The lowest BCUT2D eigenvalue weighted by Gasteiger charge is -2.10. The lowest BCUT2D eigenvalue weighted by Crippen LogP contribution is -2.08. The predicted molar refractivity (Wildman–Crippen MR) is 68.2 cm³/mol. The molecule has 0 aromatic carbocycles. The van der Waals surface area contributed by atoms with Gasteiger partial charge in [0, 0.05) is 11.4 Å². The summed E-state index contributed by atoms with van der Waals surface area (Å²) >= 11 is 3.77. The van der Waals surface area contributed by atoms with E-state index in [0.29, 0.717) is 4.83 Å². The van der Waals surface area contributed by atoms with E-state index in [9.17, 15) is 0 Å². The van der Waals surface area contributed by atoms with Crippen LogP contribution in [-0.4, -0.2) is 21.7 Å². The Morgan fingerprint density at radius 1 is 1.62 bits per heavy atom. The topological polar surface area (TPSA) is 27.1 Å². The first kappa shape index (κ1) is 12.0. The second-order valence-corrected chi connectivity index (χ2v) is 5.54. The summed E-state index contributed by atoms with van der Waals surface area (Å²) in [7, 11) is 1.72. The number of methoxy groups -OCH3 is 1. The summed E-state index contributed by atoms with van der Waals surface area (Å²) in [6, 6.07) is 0. The third-order valence-electron chi connectivity index (χ3n) is 3.22. The average Bonchev–Trinajstić information content (AvgIpc) is 3.07. The molecule has 1 aliphatic rings. The zero-order chi connectivity index (χ0) is 11.5. The van der Waals surface area contributed by atoms with Gasteiger partial charge >= 0.3 is 0 Å². The summed E-state index contributed by atoms with van der Waals surface area (Å²) in [4.78, 5) is 0.664. The first-order chi connectivity index (χ1) is 7.76. The fraction of sp³-hybridized carbons (Fsp3) is 0.750. The largest absolute Gasteiger partial charge is 0.493 e. The van der Waals surface area contributed by atoms with Gasteiger partial charge in [0.05, 0.1) is 19.0 Å². The number of aryl methyl sites for hydroxylation is 1. The van der Waals surface area contributed by atoms with Crippen molar-refractivity contribution >= 4 is 15.9 Å². The van der Waals surface area contributed by atoms with Gasteiger partial charge in [-0.3, -0.25) is 4.68 Å². The highest BCUT2D eigenvalue weighted by molar-refractivity contribution is 9.09. The van der Waals surface area contributed by atoms with E-state index in [1.807, 2.05) is 10.9 Å². The SMILES string of the molecule is CCn1ncc(OC)c1CCC(Br)C1CC1. The quantitative estimate of drug-likeness (QED) is 0.752. The maximum atomic E-state index is 5.34. The van der Waals surface area contributed by atoms with Gasteiger partial charge in [0.2, 0.25) is 0 Å². The van der Waals surface area contributed by atoms with Crippen molar-refractivity contribution in [2.75, 3.05) is 7.11 Å². The molecule has 2 rings (SSSR count). The molecule has 1 atom stereocenters. The van der Waals surface area contributed by atoms with Crippen LogP contribution in [0, 0.1) is 5.92 Å². The number of halogens is 1. The molecule has 1 unspecified atom stereocenters. The first-order valence-electron chi connectivity index (χ1n) is 5.99. The number of rotatable bonds is 6. The van der Waals surface area contributed by atoms with E-state index >= 15 is 0 Å². The number of hydrogen-bond acceptors (Lipinski definition) is 2. The Morgan fingerprint density at radius 2 is 2.38 bits per heavy atom. The summed E-state index contributed by atoms with van der Waals surface area (Å²) in [5.41, 5.74) is 1.23. The maximum absolute atomic E-state index is 5.34. The van der Waals surface area contributed by atoms with Crippen LogP contribution in [0.3, 0.4) is 0 Å². The van der Waals surface area contributed by atoms with E-state index in [2.05, 4.69) is 28.0 Å². The zero-order valence-electron chi connectivity index (χ0n) is 9.95. The molecule has 1 fully saturated rings. The second kappa shape index (κ2) is 5.21. The second-order valence-electron chi connectivity index (χ2n) is 4.37. The molecular weight excluding hydrogens is 268 g/mol. The Balaban J connectivity index is 1.97. The van der Waals surface area contributed by atoms with E-state index in [-0.39, 0.29) is 0 Å². The number of nitrogens with zero attached hydrogens (tertiary/aromatic N) is 2. The molecular formula is C12H19BrN2O. The highest BCUT2D eigenvalue weighted by atomic mass is 79.9. The number of alkyl halides is 1. The highest BCUT2D eigenvalue weighted by Crippen LogP contribution is 2.39. The Hall–Kier alpha value is -0.510. The average molecular weight is 287 g/mol. The van der Waals surface area contributed by atoms with E-state index in [1.54, 1.807) is 7.11 Å². The van der Waals surface area contributed by atoms with Crippen LogP contribution in [0.5, 0.6) is 5.75 Å². The minimum atomic E-state index is 0.664. The first-order valence-corrected chi connectivity index (χ1v) is 6.90. The highest BCUT2D eigenvalue weighted by Gasteiger charge is 2.29. The van der Waals surface area contributed by atoms with Gasteiger partial charge < -0.3 is 4.74 Å². The Kier molecular flexibility index (Phi) is 3.90. The van der Waals surface area contributed by atoms with Crippen LogP contribution in [0.2, 0.25) is 0 Å². The molecule has 4 heteroatoms. The van der Waals surface area contributed by atoms with Crippen LogP contribution in [0.4, 0.5) is 0 Å². The molecule has 1 saturated carbocycles. The summed E-state index contributed by atoms with van der Waals surface area (Å²) in [6.45, 7) is 3.03. The van der Waals surface area contributed by atoms with Crippen molar-refractivity contribution in [2.24, 2.45) is 5.92 Å². The minimum Gasteiger partial charge on any atom is -0.493 e. The molecule has 90 valence electrons. The smallest absolute Gasteiger partial charge is 0.159 e. The molecule has 0 amide bonds. The lowest BCUT2D eigenvalue weighted by atomic mass is 10.1. The number of ether oxygens (including phenoxy) is 1. The Morgan fingerprint density at radius 3 is 2.94 bits per heavy atom. The molecule has 0 spiro atoms. The zero-order valence-corrected chi connectivity index (χ0v) is 11.5. The summed E-state index contributed by atoms with van der Waals surface area (Å²) < 4.78 is 7.37. The van der Waals surface area contributed by atoms with E-state index < -0.39 is 0 Å². The van der Waals surface area contributed by atoms with Crippen molar-refractivity contribution in [1.29, 1.82) is 0 Å². The van der Waals surface area contributed by atoms with Crippen LogP contribution in [0.25, 0.3) is 0 Å². The third-order valence-corrected chi connectivity index (χ3v) is 4.43. The molecule has 0 aliphatic heterocycles. The van der Waals surface area contributed by atoms with Gasteiger partial charge in [0.1, 0.15) is 0 Å². The summed E-state index contributed by atoms with van der Waals surface area (Å²) in [5, 5.41) is 4.32. The third kappa shape index (κ3) is 2.59. The lowest BCUT2D eigenvalue weighted by molar-refractivity contribution is 0.406. The monoisotopic (exact) mass is 286 g/mol. The van der Waals surface area contributed by atoms with Crippen LogP contribution in [0.1, 0.15) is 31.9 Å². The van der Waals surface area contributed by atoms with Gasteiger partial charge in [-0.25, -0.2) is 0 Å². The van der Waals surface area contributed by atoms with Gasteiger partial charge in [-0.2, -0.15) is 5.10 Å². The minimum absolute atomic E-state index is 0.664. The molecule has 1 aromatic heterocycles. The fourth-order valence-electron chi connectivity index (χ4n) is 2.06. The van der Waals surface area contributed by atoms with Crippen LogP contribution in [-0.2, 0) is 13.0 Å². The molecule has 0 N–H and O–H groups in total. The molecule has 1 aliphatic carbocycles.